The van der Waals surface area contributed by atoms with Crippen LogP contribution in [0.4, 0.5) is 5.69 Å². The summed E-state index contributed by atoms with van der Waals surface area (Å²) in [7, 11) is 0. The lowest BCUT2D eigenvalue weighted by molar-refractivity contribution is 0.0928. The summed E-state index contributed by atoms with van der Waals surface area (Å²) in [5, 5.41) is 6.51. The van der Waals surface area contributed by atoms with Crippen LogP contribution in [0.1, 0.15) is 69.3 Å². The van der Waals surface area contributed by atoms with Crippen molar-refractivity contribution < 1.29 is 4.79 Å². The Morgan fingerprint density at radius 3 is 2.68 bits per heavy atom. The van der Waals surface area contributed by atoms with E-state index in [1.165, 1.54) is 25.7 Å². The summed E-state index contributed by atoms with van der Waals surface area (Å²) in [6.45, 7) is 5.34. The van der Waals surface area contributed by atoms with Crippen LogP contribution in [0, 0.1) is 5.92 Å². The van der Waals surface area contributed by atoms with E-state index in [2.05, 4.69) is 29.5 Å². The summed E-state index contributed by atoms with van der Waals surface area (Å²) in [5.41, 5.74) is 1.49. The Bertz CT molecular complexity index is 465. The maximum atomic E-state index is 12.4. The normalized spacial score (nSPS) is 16.3. The number of pyridine rings is 1. The molecule has 0 atom stereocenters. The topological polar surface area (TPSA) is 54.0 Å². The van der Waals surface area contributed by atoms with Gasteiger partial charge in [-0.1, -0.05) is 39.5 Å². The zero-order chi connectivity index (χ0) is 15.8. The highest BCUT2D eigenvalue weighted by Gasteiger charge is 2.16. The molecule has 1 fully saturated rings. The molecule has 2 rings (SSSR count). The highest BCUT2D eigenvalue weighted by atomic mass is 16.1. The van der Waals surface area contributed by atoms with Gasteiger partial charge in [0.05, 0.1) is 0 Å². The van der Waals surface area contributed by atoms with Gasteiger partial charge in [-0.15, -0.1) is 0 Å². The third-order valence-corrected chi connectivity index (χ3v) is 4.23. The molecule has 0 radical (unpaired) electrons. The molecule has 0 bridgehead atoms. The number of amides is 1. The largest absolute Gasteiger partial charge is 0.385 e. The lowest BCUT2D eigenvalue weighted by atomic mass is 10.1. The minimum atomic E-state index is -0.0422. The molecular weight excluding hydrogens is 274 g/mol. The maximum Gasteiger partial charge on any atom is 0.270 e. The van der Waals surface area contributed by atoms with E-state index in [9.17, 15) is 4.79 Å². The van der Waals surface area contributed by atoms with E-state index in [1.54, 1.807) is 6.20 Å². The SMILES string of the molecule is CC(C)CCNc1ccnc(C(=O)NC2CCCCCC2)c1. The third kappa shape index (κ3) is 5.66. The van der Waals surface area contributed by atoms with Crippen LogP contribution >= 0.6 is 0 Å². The predicted octanol–water partition coefficient (Wildman–Crippen LogP) is 3.99. The zero-order valence-corrected chi connectivity index (χ0v) is 13.9. The van der Waals surface area contributed by atoms with Crippen LogP contribution < -0.4 is 10.6 Å². The van der Waals surface area contributed by atoms with E-state index in [-0.39, 0.29) is 5.91 Å². The number of rotatable bonds is 6. The second-order valence-corrected chi connectivity index (χ2v) is 6.70. The summed E-state index contributed by atoms with van der Waals surface area (Å²) >= 11 is 0. The van der Waals surface area contributed by atoms with Crippen LogP contribution in [0.15, 0.2) is 18.3 Å². The smallest absolute Gasteiger partial charge is 0.270 e. The summed E-state index contributed by atoms with van der Waals surface area (Å²) in [6.07, 6.45) is 10.0. The Balaban J connectivity index is 1.88. The first-order chi connectivity index (χ1) is 10.6. The van der Waals surface area contributed by atoms with Crippen molar-refractivity contribution in [1.29, 1.82) is 0 Å². The summed E-state index contributed by atoms with van der Waals surface area (Å²) in [6, 6.07) is 4.09. The van der Waals surface area contributed by atoms with Crippen molar-refractivity contribution in [3.05, 3.63) is 24.0 Å². The molecule has 4 heteroatoms. The molecule has 1 aliphatic rings. The van der Waals surface area contributed by atoms with Crippen molar-refractivity contribution in [3.63, 3.8) is 0 Å². The van der Waals surface area contributed by atoms with Crippen molar-refractivity contribution in [1.82, 2.24) is 10.3 Å². The Kier molecular flexibility index (Phi) is 6.69. The van der Waals surface area contributed by atoms with Crippen molar-refractivity contribution in [3.8, 4) is 0 Å². The number of nitrogens with one attached hydrogen (secondary N) is 2. The van der Waals surface area contributed by atoms with Gasteiger partial charge in [-0.25, -0.2) is 0 Å². The molecule has 2 N–H and O–H groups in total. The van der Waals surface area contributed by atoms with Gasteiger partial charge in [-0.2, -0.15) is 0 Å². The Morgan fingerprint density at radius 1 is 1.27 bits per heavy atom. The summed E-state index contributed by atoms with van der Waals surface area (Å²) in [4.78, 5) is 16.6. The third-order valence-electron chi connectivity index (χ3n) is 4.23. The number of nitrogens with zero attached hydrogens (tertiary/aromatic N) is 1. The predicted molar refractivity (Wildman–Crippen MR) is 91.1 cm³/mol. The molecule has 0 saturated heterocycles. The van der Waals surface area contributed by atoms with Crippen LogP contribution in [0.25, 0.3) is 0 Å². The molecule has 1 aliphatic carbocycles. The highest BCUT2D eigenvalue weighted by molar-refractivity contribution is 5.93. The molecule has 4 nitrogen and oxygen atoms in total. The average Bonchev–Trinajstić information content (AvgIpc) is 2.76. The Hall–Kier alpha value is -1.58. The van der Waals surface area contributed by atoms with E-state index in [1.807, 2.05) is 12.1 Å². The molecule has 1 saturated carbocycles. The first-order valence-corrected chi connectivity index (χ1v) is 8.66. The average molecular weight is 303 g/mol. The fourth-order valence-electron chi connectivity index (χ4n) is 2.85. The van der Waals surface area contributed by atoms with Crippen LogP contribution in [-0.4, -0.2) is 23.5 Å². The standard InChI is InChI=1S/C18H29N3O/c1-14(2)9-11-19-16-10-12-20-17(13-16)18(22)21-15-7-5-3-4-6-8-15/h10,12-15H,3-9,11H2,1-2H3,(H,19,20)(H,21,22). The van der Waals surface area contributed by atoms with Crippen molar-refractivity contribution in [2.75, 3.05) is 11.9 Å². The summed E-state index contributed by atoms with van der Waals surface area (Å²) < 4.78 is 0. The number of anilines is 1. The van der Waals surface area contributed by atoms with E-state index in [4.69, 9.17) is 0 Å². The second kappa shape index (κ2) is 8.76. The Labute approximate surface area is 134 Å². The van der Waals surface area contributed by atoms with Crippen LogP contribution in [0.2, 0.25) is 0 Å². The number of aromatic nitrogens is 1. The van der Waals surface area contributed by atoms with Gasteiger partial charge in [0.2, 0.25) is 0 Å². The quantitative estimate of drug-likeness (QED) is 0.781. The molecule has 22 heavy (non-hydrogen) atoms. The monoisotopic (exact) mass is 303 g/mol. The zero-order valence-electron chi connectivity index (χ0n) is 13.9. The second-order valence-electron chi connectivity index (χ2n) is 6.70. The number of carbonyl (C=O) groups excluding carboxylic acids is 1. The minimum Gasteiger partial charge on any atom is -0.385 e. The number of carbonyl (C=O) groups is 1. The fraction of sp³-hybridized carbons (Fsp3) is 0.667. The first kappa shape index (κ1) is 16.8. The van der Waals surface area contributed by atoms with Crippen molar-refractivity contribution >= 4 is 11.6 Å². The van der Waals surface area contributed by atoms with E-state index >= 15 is 0 Å². The number of hydrogen-bond donors (Lipinski definition) is 2. The number of hydrogen-bond acceptors (Lipinski definition) is 3. The van der Waals surface area contributed by atoms with Crippen molar-refractivity contribution in [2.45, 2.75) is 64.8 Å². The molecule has 1 amide bonds. The van der Waals surface area contributed by atoms with Gasteiger partial charge in [0.15, 0.2) is 0 Å². The van der Waals surface area contributed by atoms with Gasteiger partial charge in [0.25, 0.3) is 5.91 Å². The molecule has 1 aromatic rings. The van der Waals surface area contributed by atoms with Gasteiger partial charge in [0.1, 0.15) is 5.69 Å². The van der Waals surface area contributed by atoms with Gasteiger partial charge >= 0.3 is 0 Å². The van der Waals surface area contributed by atoms with E-state index in [0.29, 0.717) is 17.7 Å². The lowest BCUT2D eigenvalue weighted by Gasteiger charge is -2.16. The Morgan fingerprint density at radius 2 is 2.00 bits per heavy atom. The molecule has 0 aromatic carbocycles. The van der Waals surface area contributed by atoms with Gasteiger partial charge in [-0.05, 0) is 37.3 Å². The van der Waals surface area contributed by atoms with Crippen molar-refractivity contribution in [2.24, 2.45) is 5.92 Å². The highest BCUT2D eigenvalue weighted by Crippen LogP contribution is 2.18. The fourth-order valence-corrected chi connectivity index (χ4v) is 2.85. The maximum absolute atomic E-state index is 12.4. The first-order valence-electron chi connectivity index (χ1n) is 8.66. The lowest BCUT2D eigenvalue weighted by Crippen LogP contribution is -2.34. The van der Waals surface area contributed by atoms with Gasteiger partial charge < -0.3 is 10.6 Å². The van der Waals surface area contributed by atoms with Crippen LogP contribution in [0.3, 0.4) is 0 Å². The minimum absolute atomic E-state index is 0.0422. The molecule has 0 spiro atoms. The molecule has 0 aliphatic heterocycles. The summed E-state index contributed by atoms with van der Waals surface area (Å²) in [5.74, 6) is 0.631. The van der Waals surface area contributed by atoms with Crippen LogP contribution in [0.5, 0.6) is 0 Å². The van der Waals surface area contributed by atoms with Gasteiger partial charge in [-0.3, -0.25) is 9.78 Å². The molecule has 122 valence electrons. The molecular formula is C18H29N3O. The molecule has 0 unspecified atom stereocenters. The van der Waals surface area contributed by atoms with E-state index < -0.39 is 0 Å². The van der Waals surface area contributed by atoms with Gasteiger partial charge in [0, 0.05) is 24.5 Å². The van der Waals surface area contributed by atoms with Crippen LogP contribution in [-0.2, 0) is 0 Å². The molecule has 1 heterocycles. The van der Waals surface area contributed by atoms with E-state index in [0.717, 1.165) is 31.5 Å². The molecule has 1 aromatic heterocycles.